The minimum atomic E-state index is -0.0470. The van der Waals surface area contributed by atoms with Crippen molar-refractivity contribution in [1.29, 1.82) is 0 Å². The largest absolute Gasteiger partial charge is 0.493 e. The molecule has 0 atom stereocenters. The zero-order valence-corrected chi connectivity index (χ0v) is 11.5. The molecule has 102 valence electrons. The summed E-state index contributed by atoms with van der Waals surface area (Å²) in [5, 5.41) is 9.68. The van der Waals surface area contributed by atoms with Crippen molar-refractivity contribution in [3.8, 4) is 11.5 Å². The predicted molar refractivity (Wildman–Crippen MR) is 71.5 cm³/mol. The van der Waals surface area contributed by atoms with Crippen molar-refractivity contribution in [2.75, 3.05) is 7.11 Å². The molecule has 1 aromatic heterocycles. The lowest BCUT2D eigenvalue weighted by atomic mass is 10.2. The SMILES string of the molecule is COc1ccc(CO)cc1OCc1ncc(Cl)n1C. The smallest absolute Gasteiger partial charge is 0.162 e. The summed E-state index contributed by atoms with van der Waals surface area (Å²) in [6.45, 7) is 0.225. The molecule has 1 N–H and O–H groups in total. The van der Waals surface area contributed by atoms with Crippen molar-refractivity contribution in [3.63, 3.8) is 0 Å². The lowest BCUT2D eigenvalue weighted by molar-refractivity contribution is 0.265. The molecule has 0 saturated heterocycles. The molecule has 0 amide bonds. The van der Waals surface area contributed by atoms with Crippen LogP contribution in [0.4, 0.5) is 0 Å². The van der Waals surface area contributed by atoms with E-state index in [1.54, 1.807) is 36.1 Å². The Hall–Kier alpha value is -1.72. The molecule has 1 aromatic carbocycles. The van der Waals surface area contributed by atoms with Crippen LogP contribution in [0.5, 0.6) is 11.5 Å². The molecular weight excluding hydrogens is 268 g/mol. The number of hydrogen-bond donors (Lipinski definition) is 1. The van der Waals surface area contributed by atoms with Gasteiger partial charge in [0, 0.05) is 7.05 Å². The highest BCUT2D eigenvalue weighted by atomic mass is 35.5. The van der Waals surface area contributed by atoms with Gasteiger partial charge in [0.25, 0.3) is 0 Å². The Balaban J connectivity index is 2.16. The van der Waals surface area contributed by atoms with Gasteiger partial charge in [-0.05, 0) is 17.7 Å². The van der Waals surface area contributed by atoms with Crippen molar-refractivity contribution in [2.24, 2.45) is 7.05 Å². The van der Waals surface area contributed by atoms with E-state index in [4.69, 9.17) is 26.2 Å². The van der Waals surface area contributed by atoms with Crippen molar-refractivity contribution >= 4 is 11.6 Å². The van der Waals surface area contributed by atoms with Gasteiger partial charge < -0.3 is 19.1 Å². The zero-order valence-electron chi connectivity index (χ0n) is 10.8. The van der Waals surface area contributed by atoms with E-state index < -0.39 is 0 Å². The molecule has 2 aromatic rings. The van der Waals surface area contributed by atoms with Gasteiger partial charge in [-0.1, -0.05) is 17.7 Å². The lowest BCUT2D eigenvalue weighted by Crippen LogP contribution is -2.04. The van der Waals surface area contributed by atoms with Crippen LogP contribution in [0.15, 0.2) is 24.4 Å². The molecule has 0 aliphatic rings. The molecule has 19 heavy (non-hydrogen) atoms. The highest BCUT2D eigenvalue weighted by Gasteiger charge is 2.09. The number of methoxy groups -OCH3 is 1. The van der Waals surface area contributed by atoms with Crippen molar-refractivity contribution in [3.05, 3.63) is 40.9 Å². The van der Waals surface area contributed by atoms with Gasteiger partial charge in [-0.25, -0.2) is 4.98 Å². The summed E-state index contributed by atoms with van der Waals surface area (Å²) in [7, 11) is 3.38. The molecule has 0 spiro atoms. The Bertz CT molecular complexity index is 569. The molecule has 0 unspecified atom stereocenters. The number of hydrogen-bond acceptors (Lipinski definition) is 4. The topological polar surface area (TPSA) is 56.5 Å². The van der Waals surface area contributed by atoms with E-state index >= 15 is 0 Å². The third-order valence-corrected chi connectivity index (χ3v) is 3.15. The fraction of sp³-hybridized carbons (Fsp3) is 0.308. The van der Waals surface area contributed by atoms with Crippen LogP contribution in [0.2, 0.25) is 5.15 Å². The summed E-state index contributed by atoms with van der Waals surface area (Å²) >= 11 is 5.90. The number of aliphatic hydroxyl groups excluding tert-OH is 1. The van der Waals surface area contributed by atoms with Gasteiger partial charge in [0.2, 0.25) is 0 Å². The number of ether oxygens (including phenoxy) is 2. The van der Waals surface area contributed by atoms with Gasteiger partial charge >= 0.3 is 0 Å². The lowest BCUT2D eigenvalue weighted by Gasteiger charge is -2.11. The van der Waals surface area contributed by atoms with E-state index in [0.717, 1.165) is 5.56 Å². The van der Waals surface area contributed by atoms with Crippen LogP contribution in [0.1, 0.15) is 11.4 Å². The predicted octanol–water partition coefficient (Wildman–Crippen LogP) is 2.15. The van der Waals surface area contributed by atoms with Gasteiger partial charge in [0.05, 0.1) is 19.9 Å². The van der Waals surface area contributed by atoms with Crippen molar-refractivity contribution in [2.45, 2.75) is 13.2 Å². The molecule has 0 aliphatic heterocycles. The molecule has 0 saturated carbocycles. The summed E-state index contributed by atoms with van der Waals surface area (Å²) in [6, 6.07) is 5.28. The number of benzene rings is 1. The minimum absolute atomic E-state index is 0.0470. The van der Waals surface area contributed by atoms with Crippen LogP contribution in [-0.2, 0) is 20.3 Å². The number of imidazole rings is 1. The summed E-state index contributed by atoms with van der Waals surface area (Å²) in [5.41, 5.74) is 0.758. The summed E-state index contributed by atoms with van der Waals surface area (Å²) in [5.74, 6) is 1.88. The second-order valence-electron chi connectivity index (χ2n) is 3.99. The van der Waals surface area contributed by atoms with Crippen LogP contribution in [0.25, 0.3) is 0 Å². The van der Waals surface area contributed by atoms with Crippen LogP contribution < -0.4 is 9.47 Å². The van der Waals surface area contributed by atoms with E-state index in [2.05, 4.69) is 4.98 Å². The first-order valence-electron chi connectivity index (χ1n) is 5.72. The van der Waals surface area contributed by atoms with E-state index in [9.17, 15) is 0 Å². The highest BCUT2D eigenvalue weighted by Crippen LogP contribution is 2.28. The zero-order chi connectivity index (χ0) is 13.8. The summed E-state index contributed by atoms with van der Waals surface area (Å²) < 4.78 is 12.6. The minimum Gasteiger partial charge on any atom is -0.493 e. The fourth-order valence-corrected chi connectivity index (χ4v) is 1.78. The first kappa shape index (κ1) is 13.7. The molecule has 1 heterocycles. The Morgan fingerprint density at radius 2 is 2.16 bits per heavy atom. The number of halogens is 1. The van der Waals surface area contributed by atoms with Gasteiger partial charge in [-0.15, -0.1) is 0 Å². The van der Waals surface area contributed by atoms with Crippen molar-refractivity contribution in [1.82, 2.24) is 9.55 Å². The van der Waals surface area contributed by atoms with E-state index in [0.29, 0.717) is 22.5 Å². The van der Waals surface area contributed by atoms with Gasteiger partial charge in [-0.2, -0.15) is 0 Å². The number of rotatable bonds is 5. The molecule has 0 bridgehead atoms. The molecule has 0 fully saturated rings. The Kier molecular flexibility index (Phi) is 4.29. The summed E-state index contributed by atoms with van der Waals surface area (Å²) in [6.07, 6.45) is 1.57. The maximum atomic E-state index is 9.13. The Labute approximate surface area is 116 Å². The third kappa shape index (κ3) is 3.00. The number of aliphatic hydroxyl groups is 1. The average Bonchev–Trinajstić information content (AvgIpc) is 2.76. The Morgan fingerprint density at radius 3 is 2.74 bits per heavy atom. The molecule has 0 aliphatic carbocycles. The van der Waals surface area contributed by atoms with Gasteiger partial charge in [-0.3, -0.25) is 0 Å². The molecule has 2 rings (SSSR count). The fourth-order valence-electron chi connectivity index (χ4n) is 1.63. The van der Waals surface area contributed by atoms with Crippen LogP contribution in [0.3, 0.4) is 0 Å². The van der Waals surface area contributed by atoms with E-state index in [1.165, 1.54) is 0 Å². The second kappa shape index (κ2) is 5.95. The molecule has 0 radical (unpaired) electrons. The van der Waals surface area contributed by atoms with Crippen LogP contribution >= 0.6 is 11.6 Å². The highest BCUT2D eigenvalue weighted by molar-refractivity contribution is 6.29. The van der Waals surface area contributed by atoms with E-state index in [1.807, 2.05) is 7.05 Å². The maximum absolute atomic E-state index is 9.13. The molecular formula is C13H15ClN2O3. The second-order valence-corrected chi connectivity index (χ2v) is 4.38. The number of nitrogens with zero attached hydrogens (tertiary/aromatic N) is 2. The summed E-state index contributed by atoms with van der Waals surface area (Å²) in [4.78, 5) is 4.14. The monoisotopic (exact) mass is 282 g/mol. The standard InChI is InChI=1S/C13H15ClN2O3/c1-16-12(14)6-15-13(16)8-19-11-5-9(7-17)3-4-10(11)18-2/h3-6,17H,7-8H2,1-2H3. The normalized spacial score (nSPS) is 10.5. The van der Waals surface area contributed by atoms with E-state index in [-0.39, 0.29) is 13.2 Å². The molecule has 5 nitrogen and oxygen atoms in total. The average molecular weight is 283 g/mol. The first-order chi connectivity index (χ1) is 9.15. The van der Waals surface area contributed by atoms with Crippen LogP contribution in [-0.4, -0.2) is 21.8 Å². The van der Waals surface area contributed by atoms with Gasteiger partial charge in [0.1, 0.15) is 17.6 Å². The van der Waals surface area contributed by atoms with Crippen molar-refractivity contribution < 1.29 is 14.6 Å². The first-order valence-corrected chi connectivity index (χ1v) is 6.10. The molecule has 6 heteroatoms. The maximum Gasteiger partial charge on any atom is 0.162 e. The number of aromatic nitrogens is 2. The Morgan fingerprint density at radius 1 is 1.37 bits per heavy atom. The van der Waals surface area contributed by atoms with Crippen LogP contribution in [0, 0.1) is 0 Å². The van der Waals surface area contributed by atoms with Gasteiger partial charge in [0.15, 0.2) is 11.5 Å². The third-order valence-electron chi connectivity index (χ3n) is 2.80. The quantitative estimate of drug-likeness (QED) is 0.913.